The third-order valence-corrected chi connectivity index (χ3v) is 6.29. The van der Waals surface area contributed by atoms with E-state index in [9.17, 15) is 19.1 Å². The molecule has 1 aliphatic heterocycles. The highest BCUT2D eigenvalue weighted by atomic mass is 19.1. The minimum atomic E-state index is -0.933. The lowest BCUT2D eigenvalue weighted by molar-refractivity contribution is -0.140. The first-order chi connectivity index (χ1) is 16.6. The number of amides is 1. The molecule has 1 aliphatic rings. The fourth-order valence-electron chi connectivity index (χ4n) is 4.45. The van der Waals surface area contributed by atoms with E-state index in [1.54, 1.807) is 44.4 Å². The number of rotatable bonds is 6. The van der Waals surface area contributed by atoms with Crippen LogP contribution in [-0.4, -0.2) is 28.8 Å². The number of carbonyl (C=O) groups excluding carboxylic acids is 2. The van der Waals surface area contributed by atoms with Crippen molar-refractivity contribution in [2.24, 2.45) is 0 Å². The summed E-state index contributed by atoms with van der Waals surface area (Å²) >= 11 is 0. The Balaban J connectivity index is 1.89. The molecule has 1 amide bonds. The summed E-state index contributed by atoms with van der Waals surface area (Å²) in [5.41, 5.74) is 2.61. The van der Waals surface area contributed by atoms with Crippen LogP contribution in [0.1, 0.15) is 59.6 Å². The molecule has 0 saturated carbocycles. The molecule has 1 saturated heterocycles. The highest BCUT2D eigenvalue weighted by Gasteiger charge is 2.47. The van der Waals surface area contributed by atoms with Gasteiger partial charge in [0, 0.05) is 12.1 Å². The number of aliphatic hydroxyl groups excluding tert-OH is 1. The zero-order valence-corrected chi connectivity index (χ0v) is 20.4. The molecule has 0 aliphatic carbocycles. The van der Waals surface area contributed by atoms with E-state index in [1.165, 1.54) is 17.0 Å². The molecular formula is C28H28FNO5. The van der Waals surface area contributed by atoms with E-state index in [1.807, 2.05) is 26.8 Å². The number of nitrogens with zero attached hydrogens (tertiary/aromatic N) is 1. The van der Waals surface area contributed by atoms with Crippen LogP contribution in [-0.2, 0) is 16.1 Å². The summed E-state index contributed by atoms with van der Waals surface area (Å²) < 4.78 is 24.7. The zero-order chi connectivity index (χ0) is 25.4. The topological polar surface area (TPSA) is 80.0 Å². The third-order valence-electron chi connectivity index (χ3n) is 6.29. The summed E-state index contributed by atoms with van der Waals surface area (Å²) in [4.78, 5) is 27.8. The largest absolute Gasteiger partial charge is 0.507 e. The van der Waals surface area contributed by atoms with Gasteiger partial charge in [-0.1, -0.05) is 26.0 Å². The summed E-state index contributed by atoms with van der Waals surface area (Å²) in [5.74, 6) is -0.479. The quantitative estimate of drug-likeness (QED) is 0.276. The van der Waals surface area contributed by atoms with Crippen molar-refractivity contribution >= 4 is 17.4 Å². The number of benzene rings is 2. The maximum atomic E-state index is 13.4. The van der Waals surface area contributed by atoms with Crippen LogP contribution >= 0.6 is 0 Å². The van der Waals surface area contributed by atoms with Gasteiger partial charge in [0.25, 0.3) is 11.7 Å². The van der Waals surface area contributed by atoms with Crippen LogP contribution in [0.3, 0.4) is 0 Å². The summed E-state index contributed by atoms with van der Waals surface area (Å²) in [6.45, 7) is 7.62. The molecule has 1 N–H and O–H groups in total. The number of hydrogen-bond donors (Lipinski definition) is 1. The lowest BCUT2D eigenvalue weighted by atomic mass is 9.92. The van der Waals surface area contributed by atoms with Gasteiger partial charge in [-0.15, -0.1) is 0 Å². The van der Waals surface area contributed by atoms with Crippen LogP contribution in [0.15, 0.2) is 58.5 Å². The molecule has 6 nitrogen and oxygen atoms in total. The Bertz CT molecular complexity index is 1320. The van der Waals surface area contributed by atoms with Gasteiger partial charge >= 0.3 is 0 Å². The number of likely N-dealkylation sites (tertiary alicyclic amines) is 1. The van der Waals surface area contributed by atoms with Gasteiger partial charge in [-0.25, -0.2) is 4.39 Å². The van der Waals surface area contributed by atoms with Crippen LogP contribution in [0.25, 0.3) is 5.76 Å². The first kappa shape index (κ1) is 24.3. The maximum Gasteiger partial charge on any atom is 0.296 e. The van der Waals surface area contributed by atoms with Gasteiger partial charge in [0.1, 0.15) is 34.9 Å². The number of carbonyl (C=O) groups is 2. The van der Waals surface area contributed by atoms with Crippen molar-refractivity contribution in [3.63, 3.8) is 0 Å². The molecule has 4 rings (SSSR count). The smallest absolute Gasteiger partial charge is 0.296 e. The second kappa shape index (κ2) is 9.41. The number of ether oxygens (including phenoxy) is 1. The van der Waals surface area contributed by atoms with Crippen molar-refractivity contribution in [1.29, 1.82) is 0 Å². The van der Waals surface area contributed by atoms with Crippen molar-refractivity contribution in [3.05, 3.63) is 93.7 Å². The van der Waals surface area contributed by atoms with Crippen molar-refractivity contribution in [2.75, 3.05) is 7.11 Å². The molecule has 1 fully saturated rings. The monoisotopic (exact) mass is 477 g/mol. The minimum absolute atomic E-state index is 0.0465. The van der Waals surface area contributed by atoms with E-state index in [0.717, 1.165) is 5.56 Å². The Kier molecular flexibility index (Phi) is 6.52. The predicted octanol–water partition coefficient (Wildman–Crippen LogP) is 5.79. The third kappa shape index (κ3) is 4.46. The van der Waals surface area contributed by atoms with Crippen LogP contribution < -0.4 is 4.74 Å². The molecule has 2 aromatic carbocycles. The first-order valence-corrected chi connectivity index (χ1v) is 11.4. The maximum absolute atomic E-state index is 13.4. The summed E-state index contributed by atoms with van der Waals surface area (Å²) in [6, 6.07) is 11.8. The van der Waals surface area contributed by atoms with E-state index in [4.69, 9.17) is 9.15 Å². The molecule has 1 atom stereocenters. The van der Waals surface area contributed by atoms with Crippen molar-refractivity contribution < 1.29 is 28.2 Å². The Hall–Kier alpha value is -3.87. The second-order valence-electron chi connectivity index (χ2n) is 9.07. The molecule has 1 aromatic heterocycles. The molecule has 182 valence electrons. The number of hydrogen-bond acceptors (Lipinski definition) is 5. The van der Waals surface area contributed by atoms with E-state index in [2.05, 4.69) is 0 Å². The van der Waals surface area contributed by atoms with Gasteiger partial charge in [0.05, 0.1) is 12.7 Å². The van der Waals surface area contributed by atoms with Gasteiger partial charge in [-0.2, -0.15) is 0 Å². The second-order valence-corrected chi connectivity index (χ2v) is 9.07. The van der Waals surface area contributed by atoms with Gasteiger partial charge < -0.3 is 19.2 Å². The summed E-state index contributed by atoms with van der Waals surface area (Å²) in [5, 5.41) is 11.5. The lowest BCUT2D eigenvalue weighted by Gasteiger charge is -2.24. The van der Waals surface area contributed by atoms with Gasteiger partial charge in [0.2, 0.25) is 0 Å². The number of aryl methyl sites for hydroxylation is 2. The Morgan fingerprint density at radius 1 is 1.11 bits per heavy atom. The standard InChI is InChI=1S/C28H28FNO5/c1-15(2)20-13-21(16(3)12-23(20)34-5)26(31)24-25(22-11-6-17(4)35-22)30(28(33)27(24)32)14-18-7-9-19(29)10-8-18/h6-13,15,25,31H,14H2,1-5H3/b26-24+. The molecule has 0 spiro atoms. The molecule has 0 radical (unpaired) electrons. The molecule has 0 bridgehead atoms. The molecule has 7 heteroatoms. The van der Waals surface area contributed by atoms with Gasteiger partial charge in [-0.3, -0.25) is 9.59 Å². The van der Waals surface area contributed by atoms with Crippen LogP contribution in [0.5, 0.6) is 5.75 Å². The number of Topliss-reactive ketones (excluding diaryl/α,β-unsaturated/α-hetero) is 1. The Labute approximate surface area is 203 Å². The van der Waals surface area contributed by atoms with E-state index < -0.39 is 23.5 Å². The van der Waals surface area contributed by atoms with Crippen LogP contribution in [0, 0.1) is 19.7 Å². The lowest BCUT2D eigenvalue weighted by Crippen LogP contribution is -2.29. The van der Waals surface area contributed by atoms with Crippen molar-refractivity contribution in [3.8, 4) is 5.75 Å². The Morgan fingerprint density at radius 3 is 2.37 bits per heavy atom. The highest BCUT2D eigenvalue weighted by molar-refractivity contribution is 6.46. The summed E-state index contributed by atoms with van der Waals surface area (Å²) in [7, 11) is 1.58. The molecule has 2 heterocycles. The number of halogens is 1. The Morgan fingerprint density at radius 2 is 1.80 bits per heavy atom. The SMILES string of the molecule is COc1cc(C)c(/C(O)=C2\C(=O)C(=O)N(Cc3ccc(F)cc3)C2c2ccc(C)o2)cc1C(C)C. The highest BCUT2D eigenvalue weighted by Crippen LogP contribution is 2.42. The average Bonchev–Trinajstić information content (AvgIpc) is 3.35. The fourth-order valence-corrected chi connectivity index (χ4v) is 4.45. The molecule has 35 heavy (non-hydrogen) atoms. The first-order valence-electron chi connectivity index (χ1n) is 11.4. The number of ketones is 1. The van der Waals surface area contributed by atoms with Crippen molar-refractivity contribution in [2.45, 2.75) is 46.2 Å². The van der Waals surface area contributed by atoms with E-state index >= 15 is 0 Å². The number of aliphatic hydroxyl groups is 1. The minimum Gasteiger partial charge on any atom is -0.507 e. The van der Waals surface area contributed by atoms with E-state index in [-0.39, 0.29) is 23.8 Å². The normalized spacial score (nSPS) is 17.5. The van der Waals surface area contributed by atoms with E-state index in [0.29, 0.717) is 34.0 Å². The van der Waals surface area contributed by atoms with Gasteiger partial charge in [-0.05, 0) is 72.9 Å². The number of methoxy groups -OCH3 is 1. The van der Waals surface area contributed by atoms with Gasteiger partial charge in [0.15, 0.2) is 0 Å². The van der Waals surface area contributed by atoms with Crippen LogP contribution in [0.4, 0.5) is 4.39 Å². The predicted molar refractivity (Wildman–Crippen MR) is 130 cm³/mol. The van der Waals surface area contributed by atoms with Crippen LogP contribution in [0.2, 0.25) is 0 Å². The molecule has 1 unspecified atom stereocenters. The molecule has 3 aromatic rings. The van der Waals surface area contributed by atoms with Crippen molar-refractivity contribution in [1.82, 2.24) is 4.90 Å². The fraction of sp³-hybridized carbons (Fsp3) is 0.286. The average molecular weight is 478 g/mol. The zero-order valence-electron chi connectivity index (χ0n) is 20.4. The summed E-state index contributed by atoms with van der Waals surface area (Å²) in [6.07, 6.45) is 0. The molecular weight excluding hydrogens is 449 g/mol. The number of furan rings is 1.